The van der Waals surface area contributed by atoms with Gasteiger partial charge in [-0.25, -0.2) is 0 Å². The first-order valence-electron chi connectivity index (χ1n) is 11.1. The summed E-state index contributed by atoms with van der Waals surface area (Å²) in [6.45, 7) is 1.89. The number of nitrogens with zero attached hydrogens (tertiary/aromatic N) is 2. The predicted octanol–water partition coefficient (Wildman–Crippen LogP) is 3.23. The third kappa shape index (κ3) is 3.68. The number of carbonyl (C=O) groups excluding carboxylic acids is 2. The zero-order chi connectivity index (χ0) is 19.1. The van der Waals surface area contributed by atoms with Crippen molar-refractivity contribution in [1.82, 2.24) is 15.1 Å². The van der Waals surface area contributed by atoms with Crippen LogP contribution in [0.2, 0.25) is 0 Å². The molecule has 0 aromatic heterocycles. The molecule has 1 N–H and O–H groups in total. The van der Waals surface area contributed by atoms with E-state index in [4.69, 9.17) is 0 Å². The minimum atomic E-state index is -0.276. The topological polar surface area (TPSA) is 52.7 Å². The molecule has 4 aliphatic rings. The van der Waals surface area contributed by atoms with E-state index in [9.17, 15) is 9.59 Å². The molecule has 0 radical (unpaired) electrons. The zero-order valence-electron chi connectivity index (χ0n) is 17.0. The van der Waals surface area contributed by atoms with Gasteiger partial charge in [0.25, 0.3) is 5.91 Å². The third-order valence-corrected chi connectivity index (χ3v) is 7.54. The highest BCUT2D eigenvalue weighted by molar-refractivity contribution is 5.98. The van der Waals surface area contributed by atoms with Crippen molar-refractivity contribution in [3.05, 3.63) is 35.9 Å². The smallest absolute Gasteiger partial charge is 0.254 e. The average molecular weight is 418 g/mol. The van der Waals surface area contributed by atoms with Gasteiger partial charge in [0.2, 0.25) is 5.91 Å². The summed E-state index contributed by atoms with van der Waals surface area (Å²) < 4.78 is 0. The molecule has 29 heavy (non-hydrogen) atoms. The summed E-state index contributed by atoms with van der Waals surface area (Å²) >= 11 is 0. The van der Waals surface area contributed by atoms with Crippen molar-refractivity contribution in [2.45, 2.75) is 75.5 Å². The van der Waals surface area contributed by atoms with Gasteiger partial charge in [0, 0.05) is 30.2 Å². The SMILES string of the molecule is Cl.O=C(C1CC2CCCCC2N1C(=O)c1ccccc1)N1C2CCNCC1CC2. The van der Waals surface area contributed by atoms with Gasteiger partial charge < -0.3 is 15.1 Å². The fourth-order valence-corrected chi connectivity index (χ4v) is 6.22. The van der Waals surface area contributed by atoms with Gasteiger partial charge in [-0.15, -0.1) is 12.4 Å². The van der Waals surface area contributed by atoms with Crippen molar-refractivity contribution >= 4 is 24.2 Å². The second kappa shape index (κ2) is 8.65. The molecule has 3 saturated heterocycles. The highest BCUT2D eigenvalue weighted by atomic mass is 35.5. The molecule has 5 unspecified atom stereocenters. The molecular formula is C23H32ClN3O2. The largest absolute Gasteiger partial charge is 0.334 e. The van der Waals surface area contributed by atoms with Gasteiger partial charge in [-0.05, 0) is 63.1 Å². The van der Waals surface area contributed by atoms with Crippen LogP contribution < -0.4 is 5.32 Å². The number of halogens is 1. The molecule has 1 aromatic carbocycles. The van der Waals surface area contributed by atoms with E-state index in [0.29, 0.717) is 23.6 Å². The molecule has 1 aromatic rings. The number of fused-ring (bicyclic) bond motifs is 3. The Morgan fingerprint density at radius 2 is 1.66 bits per heavy atom. The van der Waals surface area contributed by atoms with E-state index >= 15 is 0 Å². The van der Waals surface area contributed by atoms with E-state index in [2.05, 4.69) is 10.2 Å². The van der Waals surface area contributed by atoms with Gasteiger partial charge in [-0.2, -0.15) is 0 Å². The molecule has 5 rings (SSSR count). The van der Waals surface area contributed by atoms with Crippen LogP contribution in [-0.2, 0) is 4.79 Å². The standard InChI is InChI=1S/C23H31N3O2.ClH/c27-22(16-6-2-1-3-7-16)26-20-9-5-4-8-17(20)14-21(26)23(28)25-18-10-11-19(25)15-24-13-12-18;/h1-3,6-7,17-21,24H,4-5,8-15H2;1H. The summed E-state index contributed by atoms with van der Waals surface area (Å²) in [4.78, 5) is 31.5. The number of benzene rings is 1. The van der Waals surface area contributed by atoms with E-state index in [1.54, 1.807) is 0 Å². The molecule has 4 fully saturated rings. The highest BCUT2D eigenvalue weighted by Crippen LogP contribution is 2.42. The molecule has 3 heterocycles. The van der Waals surface area contributed by atoms with Crippen LogP contribution in [0.4, 0.5) is 0 Å². The van der Waals surface area contributed by atoms with E-state index in [1.807, 2.05) is 35.2 Å². The predicted molar refractivity (Wildman–Crippen MR) is 115 cm³/mol. The minimum Gasteiger partial charge on any atom is -0.334 e. The molecular weight excluding hydrogens is 386 g/mol. The van der Waals surface area contributed by atoms with Gasteiger partial charge in [-0.1, -0.05) is 31.0 Å². The first-order chi connectivity index (χ1) is 13.7. The van der Waals surface area contributed by atoms with E-state index in [0.717, 1.165) is 51.6 Å². The van der Waals surface area contributed by atoms with Crippen molar-refractivity contribution in [1.29, 1.82) is 0 Å². The summed E-state index contributed by atoms with van der Waals surface area (Å²) in [7, 11) is 0. The summed E-state index contributed by atoms with van der Waals surface area (Å²) in [5.41, 5.74) is 0.715. The Labute approximate surface area is 179 Å². The summed E-state index contributed by atoms with van der Waals surface area (Å²) in [6.07, 6.45) is 8.69. The lowest BCUT2D eigenvalue weighted by Gasteiger charge is -2.37. The zero-order valence-corrected chi connectivity index (χ0v) is 17.8. The van der Waals surface area contributed by atoms with Crippen molar-refractivity contribution in [3.8, 4) is 0 Å². The number of carbonyl (C=O) groups is 2. The van der Waals surface area contributed by atoms with Gasteiger partial charge in [0.15, 0.2) is 0 Å². The maximum Gasteiger partial charge on any atom is 0.254 e. The van der Waals surface area contributed by atoms with E-state index < -0.39 is 0 Å². The Kier molecular flexibility index (Phi) is 6.16. The molecule has 6 heteroatoms. The van der Waals surface area contributed by atoms with E-state index in [1.165, 1.54) is 12.8 Å². The van der Waals surface area contributed by atoms with Crippen LogP contribution in [0.15, 0.2) is 30.3 Å². The first kappa shape index (κ1) is 20.7. The number of amides is 2. The maximum atomic E-state index is 13.8. The van der Waals surface area contributed by atoms with Crippen LogP contribution in [0, 0.1) is 5.92 Å². The number of rotatable bonds is 2. The average Bonchev–Trinajstić information content (AvgIpc) is 3.24. The normalized spacial score (nSPS) is 33.6. The van der Waals surface area contributed by atoms with Crippen molar-refractivity contribution in [2.24, 2.45) is 5.92 Å². The Bertz CT molecular complexity index is 729. The Hall–Kier alpha value is -1.59. The van der Waals surface area contributed by atoms with Crippen LogP contribution in [-0.4, -0.2) is 58.9 Å². The molecule has 2 amide bonds. The van der Waals surface area contributed by atoms with Crippen molar-refractivity contribution in [3.63, 3.8) is 0 Å². The molecule has 1 saturated carbocycles. The lowest BCUT2D eigenvalue weighted by molar-refractivity contribution is -0.138. The van der Waals surface area contributed by atoms with Crippen LogP contribution in [0.1, 0.15) is 61.7 Å². The maximum absolute atomic E-state index is 13.8. The highest BCUT2D eigenvalue weighted by Gasteiger charge is 2.51. The molecule has 1 aliphatic carbocycles. The van der Waals surface area contributed by atoms with Gasteiger partial charge in [0.1, 0.15) is 6.04 Å². The van der Waals surface area contributed by atoms with E-state index in [-0.39, 0.29) is 36.3 Å². The summed E-state index contributed by atoms with van der Waals surface area (Å²) in [5.74, 6) is 0.752. The number of hydrogen-bond donors (Lipinski definition) is 1. The van der Waals surface area contributed by atoms with Crippen LogP contribution in [0.3, 0.4) is 0 Å². The first-order valence-corrected chi connectivity index (χ1v) is 11.1. The van der Waals surface area contributed by atoms with Crippen LogP contribution >= 0.6 is 12.4 Å². The Morgan fingerprint density at radius 1 is 0.897 bits per heavy atom. The van der Waals surface area contributed by atoms with Crippen molar-refractivity contribution in [2.75, 3.05) is 13.1 Å². The molecule has 0 spiro atoms. The number of nitrogens with one attached hydrogen (secondary N) is 1. The second-order valence-electron chi connectivity index (χ2n) is 9.07. The summed E-state index contributed by atoms with van der Waals surface area (Å²) in [5, 5.41) is 3.49. The minimum absolute atomic E-state index is 0. The second-order valence-corrected chi connectivity index (χ2v) is 9.07. The van der Waals surface area contributed by atoms with Gasteiger partial charge in [-0.3, -0.25) is 9.59 Å². The number of hydrogen-bond acceptors (Lipinski definition) is 3. The van der Waals surface area contributed by atoms with Gasteiger partial charge >= 0.3 is 0 Å². The summed E-state index contributed by atoms with van der Waals surface area (Å²) in [6, 6.07) is 10.2. The fraction of sp³-hybridized carbons (Fsp3) is 0.652. The molecule has 2 bridgehead atoms. The molecule has 158 valence electrons. The van der Waals surface area contributed by atoms with Crippen molar-refractivity contribution < 1.29 is 9.59 Å². The monoisotopic (exact) mass is 417 g/mol. The Morgan fingerprint density at radius 3 is 2.48 bits per heavy atom. The Balaban J connectivity index is 0.00000205. The van der Waals surface area contributed by atoms with Gasteiger partial charge in [0.05, 0.1) is 0 Å². The fourth-order valence-electron chi connectivity index (χ4n) is 6.22. The molecule has 5 nitrogen and oxygen atoms in total. The molecule has 5 atom stereocenters. The number of likely N-dealkylation sites (tertiary alicyclic amines) is 1. The lowest BCUT2D eigenvalue weighted by atomic mass is 9.84. The van der Waals surface area contributed by atoms with Crippen LogP contribution in [0.25, 0.3) is 0 Å². The quantitative estimate of drug-likeness (QED) is 0.803. The van der Waals surface area contributed by atoms with Crippen LogP contribution in [0.5, 0.6) is 0 Å². The lowest BCUT2D eigenvalue weighted by Crippen LogP contribution is -2.54. The molecule has 3 aliphatic heterocycles. The third-order valence-electron chi connectivity index (χ3n) is 7.54.